The molecule has 0 fully saturated rings. The average Bonchev–Trinajstić information content (AvgIpc) is 2.65. The molecule has 4 heteroatoms. The topological polar surface area (TPSA) is 57.0 Å². The predicted octanol–water partition coefficient (Wildman–Crippen LogP) is 3.44. The van der Waals surface area contributed by atoms with E-state index in [4.69, 9.17) is 5.26 Å². The molecule has 24 heavy (non-hydrogen) atoms. The minimum absolute atomic E-state index is 0.0923. The van der Waals surface area contributed by atoms with Gasteiger partial charge in [0.1, 0.15) is 0 Å². The maximum atomic E-state index is 13.2. The van der Waals surface area contributed by atoms with Crippen LogP contribution in [-0.4, -0.2) is 22.3 Å². The maximum absolute atomic E-state index is 13.2. The summed E-state index contributed by atoms with van der Waals surface area (Å²) < 4.78 is 0. The third-order valence-electron chi connectivity index (χ3n) is 4.57. The molecule has 1 amide bonds. The first-order chi connectivity index (χ1) is 11.8. The van der Waals surface area contributed by atoms with Gasteiger partial charge in [-0.3, -0.25) is 9.78 Å². The Kier molecular flexibility index (Phi) is 5.22. The molecule has 4 nitrogen and oxygen atoms in total. The number of hydrogen-bond acceptors (Lipinski definition) is 3. The zero-order valence-electron chi connectivity index (χ0n) is 13.7. The summed E-state index contributed by atoms with van der Waals surface area (Å²) in [5.74, 6) is 0.0339. The Labute approximate surface area is 142 Å². The van der Waals surface area contributed by atoms with E-state index in [0.717, 1.165) is 30.4 Å². The van der Waals surface area contributed by atoms with Gasteiger partial charge in [0.25, 0.3) is 0 Å². The summed E-state index contributed by atoms with van der Waals surface area (Å²) in [5.41, 5.74) is 3.43. The second-order valence-corrected chi connectivity index (χ2v) is 6.17. The van der Waals surface area contributed by atoms with Gasteiger partial charge in [-0.15, -0.1) is 0 Å². The number of rotatable bonds is 5. The van der Waals surface area contributed by atoms with Gasteiger partial charge in [0, 0.05) is 25.5 Å². The summed E-state index contributed by atoms with van der Waals surface area (Å²) in [6, 6.07) is 14.2. The zero-order chi connectivity index (χ0) is 16.8. The van der Waals surface area contributed by atoms with Crippen molar-refractivity contribution in [1.29, 1.82) is 5.26 Å². The van der Waals surface area contributed by atoms with Gasteiger partial charge in [-0.25, -0.2) is 0 Å². The minimum Gasteiger partial charge on any atom is -0.337 e. The van der Waals surface area contributed by atoms with Crippen molar-refractivity contribution in [3.8, 4) is 6.07 Å². The highest BCUT2D eigenvalue weighted by Crippen LogP contribution is 2.33. The molecular weight excluding hydrogens is 298 g/mol. The zero-order valence-corrected chi connectivity index (χ0v) is 13.7. The van der Waals surface area contributed by atoms with Gasteiger partial charge >= 0.3 is 0 Å². The van der Waals surface area contributed by atoms with Crippen molar-refractivity contribution >= 4 is 5.91 Å². The van der Waals surface area contributed by atoms with E-state index in [1.807, 2.05) is 29.2 Å². The molecule has 122 valence electrons. The van der Waals surface area contributed by atoms with Gasteiger partial charge in [0.05, 0.1) is 18.4 Å². The molecule has 1 atom stereocenters. The number of carbonyl (C=O) groups excluding carboxylic acids is 1. The number of fused-ring (bicyclic) bond motifs is 1. The molecule has 1 aliphatic rings. The highest BCUT2D eigenvalue weighted by atomic mass is 16.2. The van der Waals surface area contributed by atoms with Crippen molar-refractivity contribution in [2.75, 3.05) is 6.54 Å². The Morgan fingerprint density at radius 1 is 1.29 bits per heavy atom. The van der Waals surface area contributed by atoms with Gasteiger partial charge in [0.2, 0.25) is 5.91 Å². The van der Waals surface area contributed by atoms with Gasteiger partial charge in [-0.1, -0.05) is 30.3 Å². The summed E-state index contributed by atoms with van der Waals surface area (Å²) in [6.07, 6.45) is 6.81. The molecule has 0 saturated heterocycles. The lowest BCUT2D eigenvalue weighted by atomic mass is 9.82. The molecule has 0 aliphatic heterocycles. The van der Waals surface area contributed by atoms with E-state index in [1.165, 1.54) is 5.56 Å². The van der Waals surface area contributed by atoms with Crippen molar-refractivity contribution in [3.63, 3.8) is 0 Å². The van der Waals surface area contributed by atoms with Crippen molar-refractivity contribution < 1.29 is 4.79 Å². The third-order valence-corrected chi connectivity index (χ3v) is 4.57. The predicted molar refractivity (Wildman–Crippen MR) is 92.0 cm³/mol. The first-order valence-electron chi connectivity index (χ1n) is 8.42. The Morgan fingerprint density at radius 3 is 2.96 bits per heavy atom. The van der Waals surface area contributed by atoms with E-state index in [-0.39, 0.29) is 11.8 Å². The van der Waals surface area contributed by atoms with Crippen LogP contribution >= 0.6 is 0 Å². The first-order valence-corrected chi connectivity index (χ1v) is 8.42. The molecule has 2 aromatic rings. The van der Waals surface area contributed by atoms with E-state index in [0.29, 0.717) is 19.5 Å². The lowest BCUT2D eigenvalue weighted by Gasteiger charge is -2.30. The monoisotopic (exact) mass is 319 g/mol. The number of amides is 1. The normalized spacial score (nSPS) is 16.0. The molecule has 0 radical (unpaired) electrons. The fourth-order valence-corrected chi connectivity index (χ4v) is 3.40. The Morgan fingerprint density at radius 2 is 2.17 bits per heavy atom. The number of nitrogens with zero attached hydrogens (tertiary/aromatic N) is 3. The van der Waals surface area contributed by atoms with Gasteiger partial charge in [-0.2, -0.15) is 5.26 Å². The Bertz CT molecular complexity index is 736. The van der Waals surface area contributed by atoms with Gasteiger partial charge in [-0.05, 0) is 42.0 Å². The standard InChI is InChI=1S/C20H21N3O/c21-11-5-13-23(15-16-6-4-12-22-14-16)20(24)19-10-3-8-17-7-1-2-9-18(17)19/h1-2,4,6-7,9,12,14,19H,3,5,8,10,13,15H2/t19-/m1/s1. The van der Waals surface area contributed by atoms with E-state index in [9.17, 15) is 4.79 Å². The molecule has 1 aromatic carbocycles. The van der Waals surface area contributed by atoms with E-state index in [2.05, 4.69) is 23.2 Å². The van der Waals surface area contributed by atoms with Crippen LogP contribution in [0.5, 0.6) is 0 Å². The summed E-state index contributed by atoms with van der Waals surface area (Å²) >= 11 is 0. The number of pyridine rings is 1. The van der Waals surface area contributed by atoms with Crippen molar-refractivity contribution in [1.82, 2.24) is 9.88 Å². The van der Waals surface area contributed by atoms with Gasteiger partial charge in [0.15, 0.2) is 0 Å². The summed E-state index contributed by atoms with van der Waals surface area (Å²) in [6.45, 7) is 0.968. The molecular formula is C20H21N3O. The number of aryl methyl sites for hydroxylation is 1. The number of hydrogen-bond donors (Lipinski definition) is 0. The fraction of sp³-hybridized carbons (Fsp3) is 0.350. The highest BCUT2D eigenvalue weighted by Gasteiger charge is 2.29. The Balaban J connectivity index is 1.82. The van der Waals surface area contributed by atoms with Crippen LogP contribution in [0.2, 0.25) is 0 Å². The van der Waals surface area contributed by atoms with E-state index < -0.39 is 0 Å². The third kappa shape index (κ3) is 3.62. The van der Waals surface area contributed by atoms with Crippen LogP contribution in [0.25, 0.3) is 0 Å². The molecule has 1 aromatic heterocycles. The molecule has 0 spiro atoms. The summed E-state index contributed by atoms with van der Waals surface area (Å²) in [4.78, 5) is 19.1. The number of aromatic nitrogens is 1. The summed E-state index contributed by atoms with van der Waals surface area (Å²) in [7, 11) is 0. The maximum Gasteiger partial charge on any atom is 0.230 e. The van der Waals surface area contributed by atoms with E-state index in [1.54, 1.807) is 12.4 Å². The lowest BCUT2D eigenvalue weighted by Crippen LogP contribution is -2.36. The molecule has 0 N–H and O–H groups in total. The largest absolute Gasteiger partial charge is 0.337 e. The van der Waals surface area contributed by atoms with Crippen LogP contribution in [0.1, 0.15) is 41.9 Å². The molecule has 3 rings (SSSR count). The number of benzene rings is 1. The van der Waals surface area contributed by atoms with Crippen LogP contribution < -0.4 is 0 Å². The number of carbonyl (C=O) groups is 1. The second-order valence-electron chi connectivity index (χ2n) is 6.17. The van der Waals surface area contributed by atoms with Crippen molar-refractivity contribution in [3.05, 3.63) is 65.5 Å². The first kappa shape index (κ1) is 16.2. The smallest absolute Gasteiger partial charge is 0.230 e. The quantitative estimate of drug-likeness (QED) is 0.848. The highest BCUT2D eigenvalue weighted by molar-refractivity contribution is 5.84. The van der Waals surface area contributed by atoms with Gasteiger partial charge < -0.3 is 4.90 Å². The minimum atomic E-state index is -0.0923. The fourth-order valence-electron chi connectivity index (χ4n) is 3.40. The van der Waals surface area contributed by atoms with Crippen molar-refractivity contribution in [2.24, 2.45) is 0 Å². The summed E-state index contributed by atoms with van der Waals surface area (Å²) in [5, 5.41) is 8.93. The van der Waals surface area contributed by atoms with Crippen molar-refractivity contribution in [2.45, 2.75) is 38.1 Å². The van der Waals surface area contributed by atoms with E-state index >= 15 is 0 Å². The molecule has 0 unspecified atom stereocenters. The van der Waals surface area contributed by atoms with Crippen LogP contribution in [-0.2, 0) is 17.8 Å². The SMILES string of the molecule is N#CCCN(Cc1cccnc1)C(=O)[C@@H]1CCCc2ccccc21. The molecule has 1 heterocycles. The lowest BCUT2D eigenvalue weighted by molar-refractivity contribution is -0.133. The van der Waals surface area contributed by atoms with Crippen LogP contribution in [0.4, 0.5) is 0 Å². The van der Waals surface area contributed by atoms with Crippen LogP contribution in [0.15, 0.2) is 48.8 Å². The van der Waals surface area contributed by atoms with Crippen LogP contribution in [0.3, 0.4) is 0 Å². The molecule has 0 saturated carbocycles. The number of nitriles is 1. The molecule has 1 aliphatic carbocycles. The van der Waals surface area contributed by atoms with Crippen LogP contribution in [0, 0.1) is 11.3 Å². The second kappa shape index (κ2) is 7.74. The average molecular weight is 319 g/mol. The Hall–Kier alpha value is -2.67. The molecule has 0 bridgehead atoms.